The molecule has 0 saturated carbocycles. The fraction of sp³-hybridized carbons (Fsp3) is 0.389. The second-order valence-corrected chi connectivity index (χ2v) is 7.49. The summed E-state index contributed by atoms with van der Waals surface area (Å²) in [5, 5.41) is 13.0. The molecule has 25 heavy (non-hydrogen) atoms. The van der Waals surface area contributed by atoms with Crippen molar-refractivity contribution in [2.45, 2.75) is 25.3 Å². The summed E-state index contributed by atoms with van der Waals surface area (Å²) in [7, 11) is 0. The molecule has 2 aromatic rings. The molecular formula is C18H19N3O3S. The summed E-state index contributed by atoms with van der Waals surface area (Å²) in [5.74, 6) is 0.0797. The van der Waals surface area contributed by atoms with Crippen LogP contribution in [-0.2, 0) is 11.2 Å². The van der Waals surface area contributed by atoms with Gasteiger partial charge in [-0.05, 0) is 48.9 Å². The molecule has 1 atom stereocenters. The molecule has 1 aromatic carbocycles. The second kappa shape index (κ2) is 6.57. The number of nitrogens with zero attached hydrogens (tertiary/aromatic N) is 3. The number of anilines is 1. The molecule has 0 radical (unpaired) electrons. The zero-order valence-corrected chi connectivity index (χ0v) is 14.6. The van der Waals surface area contributed by atoms with E-state index in [-0.39, 0.29) is 16.5 Å². The van der Waals surface area contributed by atoms with Crippen molar-refractivity contribution in [3.63, 3.8) is 0 Å². The predicted molar refractivity (Wildman–Crippen MR) is 97.0 cm³/mol. The highest BCUT2D eigenvalue weighted by Crippen LogP contribution is 2.35. The van der Waals surface area contributed by atoms with E-state index in [1.807, 2.05) is 0 Å². The maximum atomic E-state index is 12.9. The molecule has 0 aliphatic carbocycles. The third kappa shape index (κ3) is 3.05. The Bertz CT molecular complexity index is 806. The molecule has 4 rings (SSSR count). The number of non-ortho nitro benzene ring substituents is 1. The number of nitro groups is 1. The van der Waals surface area contributed by atoms with E-state index in [2.05, 4.69) is 22.4 Å². The van der Waals surface area contributed by atoms with Crippen LogP contribution in [0.1, 0.15) is 29.3 Å². The fourth-order valence-electron chi connectivity index (χ4n) is 3.84. The molecule has 3 heterocycles. The van der Waals surface area contributed by atoms with Gasteiger partial charge >= 0.3 is 0 Å². The lowest BCUT2D eigenvalue weighted by Gasteiger charge is -2.26. The van der Waals surface area contributed by atoms with Gasteiger partial charge in [-0.15, -0.1) is 11.3 Å². The van der Waals surface area contributed by atoms with Gasteiger partial charge in [0.05, 0.1) is 11.5 Å². The lowest BCUT2D eigenvalue weighted by molar-refractivity contribution is -0.384. The molecule has 0 bridgehead atoms. The number of rotatable bonds is 4. The lowest BCUT2D eigenvalue weighted by atomic mass is 10.1. The smallest absolute Gasteiger partial charge is 0.269 e. The molecule has 0 spiro atoms. The van der Waals surface area contributed by atoms with Crippen molar-refractivity contribution in [1.82, 2.24) is 4.90 Å². The largest absolute Gasteiger partial charge is 0.311 e. The first-order chi connectivity index (χ1) is 12.1. The third-order valence-electron chi connectivity index (χ3n) is 5.04. The standard InChI is InChI=1S/C18H19N3O3S/c22-18(12-19-8-1-3-16(19)17-4-2-10-25-17)20-9-7-13-11-14(21(23)24)5-6-15(13)20/h2,4-6,10-11,16H,1,3,7-9,12H2/t16-/m1/s1. The Kier molecular flexibility index (Phi) is 4.27. The molecule has 2 aliphatic heterocycles. The number of nitro benzene ring substituents is 1. The number of amides is 1. The lowest BCUT2D eigenvalue weighted by Crippen LogP contribution is -2.39. The number of carbonyl (C=O) groups is 1. The average molecular weight is 357 g/mol. The first-order valence-electron chi connectivity index (χ1n) is 8.48. The summed E-state index contributed by atoms with van der Waals surface area (Å²) in [6, 6.07) is 9.31. The minimum absolute atomic E-state index is 0.0797. The van der Waals surface area contributed by atoms with Crippen molar-refractivity contribution in [2.24, 2.45) is 0 Å². The van der Waals surface area contributed by atoms with Gasteiger partial charge in [0.2, 0.25) is 5.91 Å². The minimum Gasteiger partial charge on any atom is -0.311 e. The zero-order valence-electron chi connectivity index (χ0n) is 13.8. The number of hydrogen-bond acceptors (Lipinski definition) is 5. The van der Waals surface area contributed by atoms with Crippen molar-refractivity contribution >= 4 is 28.6 Å². The monoisotopic (exact) mass is 357 g/mol. The molecule has 6 nitrogen and oxygen atoms in total. The van der Waals surface area contributed by atoms with Crippen molar-refractivity contribution in [2.75, 3.05) is 24.5 Å². The van der Waals surface area contributed by atoms with Gasteiger partial charge in [-0.1, -0.05) is 6.07 Å². The van der Waals surface area contributed by atoms with Gasteiger partial charge in [0.1, 0.15) is 0 Å². The van der Waals surface area contributed by atoms with Crippen LogP contribution in [0.5, 0.6) is 0 Å². The Hall–Kier alpha value is -2.25. The quantitative estimate of drug-likeness (QED) is 0.621. The van der Waals surface area contributed by atoms with E-state index in [0.29, 0.717) is 25.6 Å². The first kappa shape index (κ1) is 16.2. The molecule has 0 unspecified atom stereocenters. The number of fused-ring (bicyclic) bond motifs is 1. The highest BCUT2D eigenvalue weighted by atomic mass is 32.1. The molecule has 1 saturated heterocycles. The van der Waals surface area contributed by atoms with Crippen LogP contribution in [0.2, 0.25) is 0 Å². The minimum atomic E-state index is -0.388. The number of likely N-dealkylation sites (tertiary alicyclic amines) is 1. The van der Waals surface area contributed by atoms with Crippen molar-refractivity contribution < 1.29 is 9.72 Å². The highest BCUT2D eigenvalue weighted by Gasteiger charge is 2.32. The molecule has 2 aliphatic rings. The maximum Gasteiger partial charge on any atom is 0.269 e. The number of hydrogen-bond donors (Lipinski definition) is 0. The van der Waals surface area contributed by atoms with Crippen LogP contribution in [0.4, 0.5) is 11.4 Å². The van der Waals surface area contributed by atoms with Crippen LogP contribution in [-0.4, -0.2) is 35.4 Å². The van der Waals surface area contributed by atoms with Crippen LogP contribution >= 0.6 is 11.3 Å². The SMILES string of the molecule is O=C(CN1CCC[C@@H]1c1cccs1)N1CCc2cc([N+](=O)[O-])ccc21. The van der Waals surface area contributed by atoms with Gasteiger partial charge in [0, 0.05) is 35.3 Å². The molecule has 7 heteroatoms. The van der Waals surface area contributed by atoms with Crippen LogP contribution in [0.15, 0.2) is 35.7 Å². The average Bonchev–Trinajstić information content (AvgIpc) is 3.33. The summed E-state index contributed by atoms with van der Waals surface area (Å²) < 4.78 is 0. The van der Waals surface area contributed by atoms with Gasteiger partial charge < -0.3 is 4.90 Å². The number of carbonyl (C=O) groups excluding carboxylic acids is 1. The zero-order chi connectivity index (χ0) is 17.4. The first-order valence-corrected chi connectivity index (χ1v) is 9.36. The van der Waals surface area contributed by atoms with E-state index < -0.39 is 0 Å². The van der Waals surface area contributed by atoms with Gasteiger partial charge in [0.25, 0.3) is 5.69 Å². The Morgan fingerprint density at radius 1 is 1.32 bits per heavy atom. The topological polar surface area (TPSA) is 66.7 Å². The van der Waals surface area contributed by atoms with Crippen LogP contribution in [0.3, 0.4) is 0 Å². The molecule has 1 aromatic heterocycles. The van der Waals surface area contributed by atoms with Crippen molar-refractivity contribution in [1.29, 1.82) is 0 Å². The van der Waals surface area contributed by atoms with Gasteiger partial charge in [-0.2, -0.15) is 0 Å². The van der Waals surface area contributed by atoms with E-state index in [0.717, 1.165) is 30.6 Å². The van der Waals surface area contributed by atoms with Crippen molar-refractivity contribution in [3.05, 3.63) is 56.3 Å². The van der Waals surface area contributed by atoms with E-state index in [4.69, 9.17) is 0 Å². The normalized spacial score (nSPS) is 20.0. The molecule has 1 fully saturated rings. The Morgan fingerprint density at radius 2 is 2.20 bits per heavy atom. The van der Waals surface area contributed by atoms with Gasteiger partial charge in [0.15, 0.2) is 0 Å². The Labute approximate surface area is 149 Å². The number of thiophene rings is 1. The van der Waals surface area contributed by atoms with Crippen LogP contribution < -0.4 is 4.90 Å². The van der Waals surface area contributed by atoms with Crippen molar-refractivity contribution in [3.8, 4) is 0 Å². The summed E-state index contributed by atoms with van der Waals surface area (Å²) in [5.41, 5.74) is 1.80. The summed E-state index contributed by atoms with van der Waals surface area (Å²) in [6.07, 6.45) is 2.88. The van der Waals surface area contributed by atoms with Crippen LogP contribution in [0, 0.1) is 10.1 Å². The second-order valence-electron chi connectivity index (χ2n) is 6.51. The van der Waals surface area contributed by atoms with Crippen LogP contribution in [0.25, 0.3) is 0 Å². The molecular weight excluding hydrogens is 338 g/mol. The Balaban J connectivity index is 1.49. The van der Waals surface area contributed by atoms with Gasteiger partial charge in [-0.25, -0.2) is 0 Å². The highest BCUT2D eigenvalue weighted by molar-refractivity contribution is 7.10. The molecule has 0 N–H and O–H groups in total. The maximum absolute atomic E-state index is 12.9. The molecule has 130 valence electrons. The van der Waals surface area contributed by atoms with Gasteiger partial charge in [-0.3, -0.25) is 19.8 Å². The van der Waals surface area contributed by atoms with E-state index in [1.54, 1.807) is 28.4 Å². The van der Waals surface area contributed by atoms with E-state index in [9.17, 15) is 14.9 Å². The Morgan fingerprint density at radius 3 is 2.96 bits per heavy atom. The summed E-state index contributed by atoms with van der Waals surface area (Å²) >= 11 is 1.75. The predicted octanol–water partition coefficient (Wildman–Crippen LogP) is 3.38. The fourth-order valence-corrected chi connectivity index (χ4v) is 4.73. The summed E-state index contributed by atoms with van der Waals surface area (Å²) in [4.78, 5) is 28.7. The summed E-state index contributed by atoms with van der Waals surface area (Å²) in [6.45, 7) is 1.95. The third-order valence-corrected chi connectivity index (χ3v) is 6.02. The molecule has 1 amide bonds. The van der Waals surface area contributed by atoms with E-state index in [1.165, 1.54) is 10.9 Å². The van der Waals surface area contributed by atoms with E-state index >= 15 is 0 Å². The number of benzene rings is 1.